The van der Waals surface area contributed by atoms with Gasteiger partial charge >= 0.3 is 0 Å². The summed E-state index contributed by atoms with van der Waals surface area (Å²) in [5.74, 6) is -1.10. The van der Waals surface area contributed by atoms with Gasteiger partial charge in [-0.05, 0) is 36.6 Å². The molecule has 0 fully saturated rings. The van der Waals surface area contributed by atoms with Crippen LogP contribution in [0.25, 0.3) is 11.1 Å². The highest BCUT2D eigenvalue weighted by Crippen LogP contribution is 2.48. The highest BCUT2D eigenvalue weighted by molar-refractivity contribution is 7.95. The molecule has 1 aromatic carbocycles. The lowest BCUT2D eigenvalue weighted by atomic mass is 9.78. The molecule has 0 bridgehead atoms. The van der Waals surface area contributed by atoms with E-state index >= 15 is 0 Å². The summed E-state index contributed by atoms with van der Waals surface area (Å²) < 4.78 is 40.3. The Hall–Kier alpha value is -2.80. The van der Waals surface area contributed by atoms with Gasteiger partial charge in [-0.3, -0.25) is 9.78 Å². The number of allylic oxidation sites excluding steroid dienone is 4. The quantitative estimate of drug-likeness (QED) is 0.819. The maximum Gasteiger partial charge on any atom is 0.177 e. The van der Waals surface area contributed by atoms with Gasteiger partial charge in [0.1, 0.15) is 5.82 Å². The van der Waals surface area contributed by atoms with E-state index in [2.05, 4.69) is 10.3 Å². The SMILES string of the molecule is O=C1CCCC2=C1[C@H](c1ccc(F)c(-c3cccnc3)c1)C1=C(CCS1(=O)=O)N2. The van der Waals surface area contributed by atoms with E-state index < -0.39 is 21.6 Å². The molecule has 3 heterocycles. The number of hydrogen-bond acceptors (Lipinski definition) is 5. The molecule has 2 aromatic rings. The Morgan fingerprint density at radius 2 is 1.97 bits per heavy atom. The molecule has 1 aromatic heterocycles. The van der Waals surface area contributed by atoms with E-state index in [1.807, 2.05) is 0 Å². The summed E-state index contributed by atoms with van der Waals surface area (Å²) in [5, 5.41) is 3.24. The minimum atomic E-state index is -3.48. The number of carbonyl (C=O) groups is 1. The fourth-order valence-corrected chi connectivity index (χ4v) is 6.39. The lowest BCUT2D eigenvalue weighted by Gasteiger charge is -2.33. The van der Waals surface area contributed by atoms with Crippen LogP contribution >= 0.6 is 0 Å². The number of carbonyl (C=O) groups excluding carboxylic acids is 1. The van der Waals surface area contributed by atoms with Gasteiger partial charge in [0.25, 0.3) is 0 Å². The van der Waals surface area contributed by atoms with Gasteiger partial charge in [-0.1, -0.05) is 12.1 Å². The van der Waals surface area contributed by atoms with Crippen LogP contribution in [0.5, 0.6) is 0 Å². The van der Waals surface area contributed by atoms with Gasteiger partial charge in [0, 0.05) is 53.3 Å². The Morgan fingerprint density at radius 3 is 2.76 bits per heavy atom. The minimum absolute atomic E-state index is 0.0343. The second-order valence-corrected chi connectivity index (χ2v) is 9.70. The Kier molecular flexibility index (Phi) is 4.17. The van der Waals surface area contributed by atoms with Crippen molar-refractivity contribution in [1.29, 1.82) is 0 Å². The monoisotopic (exact) mass is 410 g/mol. The van der Waals surface area contributed by atoms with E-state index in [0.717, 1.165) is 12.1 Å². The Labute approximate surface area is 168 Å². The van der Waals surface area contributed by atoms with Crippen molar-refractivity contribution in [2.75, 3.05) is 5.75 Å². The van der Waals surface area contributed by atoms with E-state index in [1.165, 1.54) is 6.07 Å². The summed E-state index contributed by atoms with van der Waals surface area (Å²) in [7, 11) is -3.48. The van der Waals surface area contributed by atoms with Crippen molar-refractivity contribution in [3.63, 3.8) is 0 Å². The zero-order valence-corrected chi connectivity index (χ0v) is 16.4. The molecule has 0 saturated carbocycles. The average Bonchev–Trinajstić information content (AvgIpc) is 3.02. The van der Waals surface area contributed by atoms with Crippen molar-refractivity contribution < 1.29 is 17.6 Å². The molecule has 148 valence electrons. The maximum absolute atomic E-state index is 14.6. The summed E-state index contributed by atoms with van der Waals surface area (Å²) in [6, 6.07) is 8.07. The van der Waals surface area contributed by atoms with Gasteiger partial charge in [0.2, 0.25) is 0 Å². The lowest BCUT2D eigenvalue weighted by molar-refractivity contribution is -0.116. The molecule has 0 radical (unpaired) electrons. The average molecular weight is 410 g/mol. The van der Waals surface area contributed by atoms with Crippen molar-refractivity contribution in [3.05, 3.63) is 76.0 Å². The second-order valence-electron chi connectivity index (χ2n) is 7.62. The Morgan fingerprint density at radius 1 is 1.10 bits per heavy atom. The lowest BCUT2D eigenvalue weighted by Crippen LogP contribution is -2.32. The molecule has 1 N–H and O–H groups in total. The van der Waals surface area contributed by atoms with Crippen molar-refractivity contribution in [1.82, 2.24) is 10.3 Å². The van der Waals surface area contributed by atoms with E-state index in [-0.39, 0.29) is 16.4 Å². The number of nitrogens with one attached hydrogen (secondary N) is 1. The molecule has 1 atom stereocenters. The fourth-order valence-electron chi connectivity index (χ4n) is 4.56. The van der Waals surface area contributed by atoms with Gasteiger partial charge < -0.3 is 5.32 Å². The highest BCUT2D eigenvalue weighted by atomic mass is 32.2. The number of rotatable bonds is 2. The van der Waals surface area contributed by atoms with Gasteiger partial charge in [-0.2, -0.15) is 0 Å². The van der Waals surface area contributed by atoms with E-state index in [9.17, 15) is 17.6 Å². The van der Waals surface area contributed by atoms with Gasteiger partial charge in [-0.25, -0.2) is 12.8 Å². The third-order valence-electron chi connectivity index (χ3n) is 5.86. The Bertz CT molecular complexity index is 1200. The van der Waals surface area contributed by atoms with E-state index in [4.69, 9.17) is 0 Å². The highest BCUT2D eigenvalue weighted by Gasteiger charge is 2.44. The normalized spacial score (nSPS) is 22.9. The number of aromatic nitrogens is 1. The number of benzene rings is 1. The minimum Gasteiger partial charge on any atom is -0.361 e. The third kappa shape index (κ3) is 2.92. The summed E-state index contributed by atoms with van der Waals surface area (Å²) in [4.78, 5) is 17.2. The number of Topliss-reactive ketones (excluding diaryl/α,β-unsaturated/α-hetero) is 1. The predicted octanol–water partition coefficient (Wildman–Crippen LogP) is 3.61. The molecular formula is C22H19FN2O3S. The van der Waals surface area contributed by atoms with E-state index in [0.29, 0.717) is 47.2 Å². The van der Waals surface area contributed by atoms with Crippen LogP contribution < -0.4 is 5.32 Å². The molecule has 5 nitrogen and oxygen atoms in total. The maximum atomic E-state index is 14.6. The summed E-state index contributed by atoms with van der Waals surface area (Å²) >= 11 is 0. The molecule has 7 heteroatoms. The summed E-state index contributed by atoms with van der Waals surface area (Å²) in [5.41, 5.74) is 3.58. The molecule has 0 spiro atoms. The van der Waals surface area contributed by atoms with Crippen LogP contribution in [0.15, 0.2) is 64.6 Å². The summed E-state index contributed by atoms with van der Waals surface area (Å²) in [6.07, 6.45) is 5.45. The molecule has 3 aliphatic rings. The fraction of sp³-hybridized carbons (Fsp3) is 0.273. The second kappa shape index (κ2) is 6.62. The van der Waals surface area contributed by atoms with Crippen LogP contribution in [-0.4, -0.2) is 24.9 Å². The van der Waals surface area contributed by atoms with Gasteiger partial charge in [0.05, 0.1) is 16.6 Å². The van der Waals surface area contributed by atoms with Crippen LogP contribution in [0.3, 0.4) is 0 Å². The molecule has 29 heavy (non-hydrogen) atoms. The van der Waals surface area contributed by atoms with Crippen LogP contribution in [0, 0.1) is 5.82 Å². The number of hydrogen-bond donors (Lipinski definition) is 1. The largest absolute Gasteiger partial charge is 0.361 e. The van der Waals surface area contributed by atoms with E-state index in [1.54, 1.807) is 36.7 Å². The molecule has 2 aliphatic heterocycles. The van der Waals surface area contributed by atoms with Crippen LogP contribution in [0.4, 0.5) is 4.39 Å². The molecule has 0 saturated heterocycles. The number of halogens is 1. The number of nitrogens with zero attached hydrogens (tertiary/aromatic N) is 1. The van der Waals surface area contributed by atoms with Crippen molar-refractivity contribution in [2.45, 2.75) is 31.6 Å². The number of pyridine rings is 1. The van der Waals surface area contributed by atoms with Crippen LogP contribution in [0.2, 0.25) is 0 Å². The first-order chi connectivity index (χ1) is 14.0. The predicted molar refractivity (Wildman–Crippen MR) is 107 cm³/mol. The first kappa shape index (κ1) is 18.2. The first-order valence-electron chi connectivity index (χ1n) is 9.64. The van der Waals surface area contributed by atoms with Crippen LogP contribution in [-0.2, 0) is 14.6 Å². The molecule has 1 aliphatic carbocycles. The number of sulfone groups is 1. The summed E-state index contributed by atoms with van der Waals surface area (Å²) in [6.45, 7) is 0. The van der Waals surface area contributed by atoms with Crippen LogP contribution in [0.1, 0.15) is 37.2 Å². The first-order valence-corrected chi connectivity index (χ1v) is 11.3. The molecule has 0 amide bonds. The molecular weight excluding hydrogens is 391 g/mol. The molecule has 0 unspecified atom stereocenters. The number of dihydropyridines is 1. The zero-order valence-electron chi connectivity index (χ0n) is 15.6. The van der Waals surface area contributed by atoms with Crippen molar-refractivity contribution in [2.24, 2.45) is 0 Å². The topological polar surface area (TPSA) is 76.1 Å². The Balaban J connectivity index is 1.73. The third-order valence-corrected chi connectivity index (χ3v) is 7.75. The standard InChI is InChI=1S/C22H19FN2O3S/c23-16-7-6-13(11-15(16)14-3-2-9-24-12-14)20-21-17(4-1-5-19(21)26)25-18-8-10-29(27,28)22(18)20/h2-3,6-7,9,11-12,20,25H,1,4-5,8,10H2/t20-/m0/s1. The smallest absolute Gasteiger partial charge is 0.177 e. The van der Waals surface area contributed by atoms with Gasteiger partial charge in [0.15, 0.2) is 15.6 Å². The van der Waals surface area contributed by atoms with Crippen molar-refractivity contribution >= 4 is 15.6 Å². The zero-order chi connectivity index (χ0) is 20.2. The number of ketones is 1. The molecule has 5 rings (SSSR count). The van der Waals surface area contributed by atoms with Gasteiger partial charge in [-0.15, -0.1) is 0 Å². The van der Waals surface area contributed by atoms with Crippen molar-refractivity contribution in [3.8, 4) is 11.1 Å².